The molecule has 1 unspecified atom stereocenters. The van der Waals surface area contributed by atoms with Gasteiger partial charge in [0.1, 0.15) is 12.0 Å². The molecule has 2 amide bonds. The third kappa shape index (κ3) is 3.11. The number of amides is 2. The van der Waals surface area contributed by atoms with Gasteiger partial charge in [0.05, 0.1) is 4.91 Å². The van der Waals surface area contributed by atoms with Crippen LogP contribution in [0, 0.1) is 12.7 Å². The topological polar surface area (TPSA) is 63.4 Å². The van der Waals surface area contributed by atoms with Gasteiger partial charge in [-0.3, -0.25) is 9.59 Å². The van der Waals surface area contributed by atoms with E-state index in [1.54, 1.807) is 24.3 Å². The largest absolute Gasteiger partial charge is 0.307 e. The predicted octanol–water partition coefficient (Wildman–Crippen LogP) is 3.83. The molecule has 2 N–H and O–H groups in total. The maximum absolute atomic E-state index is 13.0. The number of nitrogens with two attached hydrogens (primary N) is 1. The highest BCUT2D eigenvalue weighted by Crippen LogP contribution is 2.36. The predicted molar refractivity (Wildman–Crippen MR) is 92.3 cm³/mol. The van der Waals surface area contributed by atoms with Gasteiger partial charge in [0.15, 0.2) is 0 Å². The minimum absolute atomic E-state index is 0.274. The smallest absolute Gasteiger partial charge is 0.295 e. The summed E-state index contributed by atoms with van der Waals surface area (Å²) in [4.78, 5) is 26.2. The number of imide groups is 1. The van der Waals surface area contributed by atoms with Crippen molar-refractivity contribution in [3.8, 4) is 0 Å². The second-order valence-electron chi connectivity index (χ2n) is 5.40. The molecule has 24 heavy (non-hydrogen) atoms. The lowest BCUT2D eigenvalue weighted by Crippen LogP contribution is -2.38. The van der Waals surface area contributed by atoms with Gasteiger partial charge in [-0.05, 0) is 53.6 Å². The average Bonchev–Trinajstić information content (AvgIpc) is 2.83. The zero-order valence-electron chi connectivity index (χ0n) is 12.9. The quantitative estimate of drug-likeness (QED) is 0.861. The molecule has 0 aromatic heterocycles. The Kier molecular flexibility index (Phi) is 4.51. The number of rotatable bonds is 3. The van der Waals surface area contributed by atoms with Crippen LogP contribution in [0.3, 0.4) is 0 Å². The minimum Gasteiger partial charge on any atom is -0.307 e. The number of halogens is 1. The van der Waals surface area contributed by atoms with E-state index in [0.717, 1.165) is 27.8 Å². The van der Waals surface area contributed by atoms with E-state index in [9.17, 15) is 14.0 Å². The zero-order valence-corrected chi connectivity index (χ0v) is 13.7. The van der Waals surface area contributed by atoms with E-state index in [2.05, 4.69) is 0 Å². The molecule has 1 atom stereocenters. The van der Waals surface area contributed by atoms with Crippen molar-refractivity contribution in [2.24, 2.45) is 5.73 Å². The molecule has 2 aromatic carbocycles. The fourth-order valence-corrected chi connectivity index (χ4v) is 3.35. The molecule has 2 aromatic rings. The highest BCUT2D eigenvalue weighted by molar-refractivity contribution is 8.18. The summed E-state index contributed by atoms with van der Waals surface area (Å²) in [7, 11) is 0. The maximum atomic E-state index is 13.0. The minimum atomic E-state index is -0.835. The normalized spacial score (nSPS) is 17.6. The lowest BCUT2D eigenvalue weighted by molar-refractivity contribution is -0.124. The maximum Gasteiger partial charge on any atom is 0.295 e. The van der Waals surface area contributed by atoms with Gasteiger partial charge in [-0.25, -0.2) is 9.29 Å². The van der Waals surface area contributed by atoms with Crippen LogP contribution in [-0.2, 0) is 4.79 Å². The van der Waals surface area contributed by atoms with Crippen molar-refractivity contribution in [3.05, 3.63) is 75.9 Å². The summed E-state index contributed by atoms with van der Waals surface area (Å²) in [6.07, 6.45) is 0.729. The van der Waals surface area contributed by atoms with Crippen LogP contribution in [0.25, 0.3) is 6.08 Å². The lowest BCUT2D eigenvalue weighted by atomic mass is 10.1. The SMILES string of the molecule is Cc1ccccc1C(N)N1C(=O)S/C(=C\c2ccc(F)cc2)C1=O. The number of hydrogen-bond donors (Lipinski definition) is 1. The van der Waals surface area contributed by atoms with Crippen LogP contribution in [0.15, 0.2) is 53.4 Å². The number of carbonyl (C=O) groups is 2. The summed E-state index contributed by atoms with van der Waals surface area (Å²) in [6, 6.07) is 13.1. The van der Waals surface area contributed by atoms with Gasteiger partial charge in [0.25, 0.3) is 11.1 Å². The summed E-state index contributed by atoms with van der Waals surface area (Å²) in [5.41, 5.74) is 8.43. The van der Waals surface area contributed by atoms with E-state index in [4.69, 9.17) is 5.73 Å². The molecule has 3 rings (SSSR count). The Morgan fingerprint density at radius 2 is 1.79 bits per heavy atom. The first-order valence-corrected chi connectivity index (χ1v) is 8.13. The van der Waals surface area contributed by atoms with Gasteiger partial charge >= 0.3 is 0 Å². The average molecular weight is 342 g/mol. The summed E-state index contributed by atoms with van der Waals surface area (Å²) in [5.74, 6) is -0.799. The molecule has 0 saturated carbocycles. The molecular weight excluding hydrogens is 327 g/mol. The van der Waals surface area contributed by atoms with Gasteiger partial charge in [-0.15, -0.1) is 0 Å². The van der Waals surface area contributed by atoms with Crippen molar-refractivity contribution in [2.45, 2.75) is 13.1 Å². The molecule has 1 heterocycles. The van der Waals surface area contributed by atoms with Crippen molar-refractivity contribution in [1.29, 1.82) is 0 Å². The van der Waals surface area contributed by atoms with Gasteiger partial charge in [0, 0.05) is 0 Å². The molecule has 1 saturated heterocycles. The van der Waals surface area contributed by atoms with Crippen molar-refractivity contribution >= 4 is 29.0 Å². The van der Waals surface area contributed by atoms with Gasteiger partial charge in [-0.2, -0.15) is 0 Å². The van der Waals surface area contributed by atoms with Crippen LogP contribution >= 0.6 is 11.8 Å². The van der Waals surface area contributed by atoms with Gasteiger partial charge in [-0.1, -0.05) is 36.4 Å². The molecule has 0 radical (unpaired) electrons. The Hall–Kier alpha value is -2.44. The van der Waals surface area contributed by atoms with Crippen LogP contribution in [0.4, 0.5) is 9.18 Å². The standard InChI is InChI=1S/C18H15FN2O2S/c1-11-4-2-3-5-14(11)16(20)21-17(22)15(24-18(21)23)10-12-6-8-13(19)9-7-12/h2-10,16H,20H2,1H3/b15-10-. The Morgan fingerprint density at radius 1 is 1.12 bits per heavy atom. The van der Waals surface area contributed by atoms with E-state index >= 15 is 0 Å². The monoisotopic (exact) mass is 342 g/mol. The Balaban J connectivity index is 1.89. The Morgan fingerprint density at radius 3 is 2.46 bits per heavy atom. The van der Waals surface area contributed by atoms with Crippen molar-refractivity contribution in [2.75, 3.05) is 0 Å². The summed E-state index contributed by atoms with van der Waals surface area (Å²) in [6.45, 7) is 1.88. The number of aryl methyl sites for hydroxylation is 1. The molecule has 1 aliphatic rings. The highest BCUT2D eigenvalue weighted by atomic mass is 32.2. The summed E-state index contributed by atoms with van der Waals surface area (Å²) in [5, 5.41) is -0.413. The highest BCUT2D eigenvalue weighted by Gasteiger charge is 2.39. The number of hydrogen-bond acceptors (Lipinski definition) is 4. The number of nitrogens with zero attached hydrogens (tertiary/aromatic N) is 1. The molecule has 122 valence electrons. The molecule has 0 spiro atoms. The van der Waals surface area contributed by atoms with Crippen molar-refractivity contribution in [3.63, 3.8) is 0 Å². The Labute approximate surface area is 143 Å². The number of carbonyl (C=O) groups excluding carboxylic acids is 2. The third-order valence-electron chi connectivity index (χ3n) is 3.78. The molecule has 1 fully saturated rings. The van der Waals surface area contributed by atoms with Crippen LogP contribution in [-0.4, -0.2) is 16.0 Å². The summed E-state index contributed by atoms with van der Waals surface area (Å²) < 4.78 is 13.0. The molecule has 0 bridgehead atoms. The first-order valence-electron chi connectivity index (χ1n) is 7.31. The van der Waals surface area contributed by atoms with Crippen molar-refractivity contribution < 1.29 is 14.0 Å². The molecule has 0 aliphatic carbocycles. The fraction of sp³-hybridized carbons (Fsp3) is 0.111. The van der Waals surface area contributed by atoms with Gasteiger partial charge in [0.2, 0.25) is 0 Å². The van der Waals surface area contributed by atoms with E-state index in [1.807, 2.05) is 25.1 Å². The van der Waals surface area contributed by atoms with Crippen molar-refractivity contribution in [1.82, 2.24) is 4.90 Å². The van der Waals surface area contributed by atoms with E-state index in [1.165, 1.54) is 12.1 Å². The molecule has 1 aliphatic heterocycles. The molecule has 4 nitrogen and oxygen atoms in total. The first kappa shape index (κ1) is 16.4. The second-order valence-corrected chi connectivity index (χ2v) is 6.40. The Bertz CT molecular complexity index is 833. The number of benzene rings is 2. The van der Waals surface area contributed by atoms with Crippen LogP contribution in [0.2, 0.25) is 0 Å². The van der Waals surface area contributed by atoms with E-state index < -0.39 is 17.3 Å². The summed E-state index contributed by atoms with van der Waals surface area (Å²) >= 11 is 0.834. The molecule has 6 heteroatoms. The van der Waals surface area contributed by atoms with E-state index in [-0.39, 0.29) is 10.7 Å². The zero-order chi connectivity index (χ0) is 17.3. The van der Waals surface area contributed by atoms with Crippen LogP contribution in [0.1, 0.15) is 22.9 Å². The second kappa shape index (κ2) is 6.59. The van der Waals surface area contributed by atoms with Crippen LogP contribution in [0.5, 0.6) is 0 Å². The fourth-order valence-electron chi connectivity index (χ4n) is 2.49. The molecular formula is C18H15FN2O2S. The number of thioether (sulfide) groups is 1. The van der Waals surface area contributed by atoms with E-state index in [0.29, 0.717) is 5.56 Å². The third-order valence-corrected chi connectivity index (χ3v) is 4.66. The van der Waals surface area contributed by atoms with Gasteiger partial charge < -0.3 is 5.73 Å². The first-order chi connectivity index (χ1) is 11.5. The van der Waals surface area contributed by atoms with Crippen LogP contribution < -0.4 is 5.73 Å². The lowest BCUT2D eigenvalue weighted by Gasteiger charge is -2.22.